The molecule has 0 spiro atoms. The second-order valence-electron chi connectivity index (χ2n) is 6.13. The predicted octanol–water partition coefficient (Wildman–Crippen LogP) is 2.29. The maximum atomic E-state index is 5.45. The molecule has 21 heavy (non-hydrogen) atoms. The third-order valence-corrected chi connectivity index (χ3v) is 3.95. The van der Waals surface area contributed by atoms with Gasteiger partial charge in [0.15, 0.2) is 11.5 Å². The first-order chi connectivity index (χ1) is 9.91. The van der Waals surface area contributed by atoms with Gasteiger partial charge in [0.05, 0.1) is 21.3 Å². The van der Waals surface area contributed by atoms with Crippen LogP contribution in [0, 0.1) is 0 Å². The quantitative estimate of drug-likeness (QED) is 0.923. The Kier molecular flexibility index (Phi) is 4.52. The van der Waals surface area contributed by atoms with Crippen LogP contribution in [0.5, 0.6) is 17.2 Å². The Bertz CT molecular complexity index is 477. The predicted molar refractivity (Wildman–Crippen MR) is 85.0 cm³/mol. The number of hydrogen-bond acceptors (Lipinski definition) is 5. The average molecular weight is 294 g/mol. The summed E-state index contributed by atoms with van der Waals surface area (Å²) in [7, 11) is 4.91. The van der Waals surface area contributed by atoms with Gasteiger partial charge in [0, 0.05) is 42.5 Å². The lowest BCUT2D eigenvalue weighted by atomic mass is 9.98. The van der Waals surface area contributed by atoms with E-state index in [0.717, 1.165) is 18.8 Å². The average Bonchev–Trinajstić information content (AvgIpc) is 2.48. The van der Waals surface area contributed by atoms with Gasteiger partial charge in [-0.15, -0.1) is 0 Å². The van der Waals surface area contributed by atoms with Crippen molar-refractivity contribution in [1.29, 1.82) is 0 Å². The summed E-state index contributed by atoms with van der Waals surface area (Å²) in [4.78, 5) is 2.38. The van der Waals surface area contributed by atoms with Crippen LogP contribution in [0.15, 0.2) is 12.1 Å². The first-order valence-corrected chi connectivity index (χ1v) is 7.23. The Morgan fingerprint density at radius 3 is 2.14 bits per heavy atom. The van der Waals surface area contributed by atoms with Crippen LogP contribution in [0.2, 0.25) is 0 Å². The standard InChI is InChI=1S/C16H26N2O3/c1-11-9-17-16(2,3)10-18(11)12-7-13(19-4)15(21-6)14(8-12)20-5/h7-8,11,17H,9-10H2,1-6H3. The summed E-state index contributed by atoms with van der Waals surface area (Å²) in [6.07, 6.45) is 0. The Hall–Kier alpha value is -1.62. The molecule has 0 aromatic heterocycles. The Labute approximate surface area is 127 Å². The first kappa shape index (κ1) is 15.8. The highest BCUT2D eigenvalue weighted by molar-refractivity contribution is 5.64. The van der Waals surface area contributed by atoms with E-state index < -0.39 is 0 Å². The monoisotopic (exact) mass is 294 g/mol. The minimum atomic E-state index is 0.0763. The molecule has 1 aliphatic heterocycles. The number of piperazine rings is 1. The summed E-state index contributed by atoms with van der Waals surface area (Å²) in [5.74, 6) is 2.01. The van der Waals surface area contributed by atoms with Crippen molar-refractivity contribution in [3.8, 4) is 17.2 Å². The van der Waals surface area contributed by atoms with Gasteiger partial charge in [-0.2, -0.15) is 0 Å². The fraction of sp³-hybridized carbons (Fsp3) is 0.625. The second kappa shape index (κ2) is 6.02. The molecule has 0 amide bonds. The van der Waals surface area contributed by atoms with Gasteiger partial charge in [-0.1, -0.05) is 0 Å². The summed E-state index contributed by atoms with van der Waals surface area (Å²) >= 11 is 0. The zero-order chi connectivity index (χ0) is 15.6. The van der Waals surface area contributed by atoms with E-state index in [0.29, 0.717) is 23.3 Å². The highest BCUT2D eigenvalue weighted by Crippen LogP contribution is 2.41. The molecule has 1 heterocycles. The molecule has 2 rings (SSSR count). The van der Waals surface area contributed by atoms with Crippen LogP contribution in [-0.2, 0) is 0 Å². The molecule has 1 unspecified atom stereocenters. The SMILES string of the molecule is COc1cc(N2CC(C)(C)NCC2C)cc(OC)c1OC. The lowest BCUT2D eigenvalue weighted by Crippen LogP contribution is -2.61. The zero-order valence-electron chi connectivity index (χ0n) is 13.8. The minimum absolute atomic E-state index is 0.0763. The van der Waals surface area contributed by atoms with Crippen LogP contribution in [0.4, 0.5) is 5.69 Å². The van der Waals surface area contributed by atoms with Gasteiger partial charge in [0.2, 0.25) is 5.75 Å². The zero-order valence-corrected chi connectivity index (χ0v) is 13.8. The molecule has 5 nitrogen and oxygen atoms in total. The van der Waals surface area contributed by atoms with E-state index in [2.05, 4.69) is 31.0 Å². The normalized spacial score (nSPS) is 21.0. The lowest BCUT2D eigenvalue weighted by Gasteiger charge is -2.44. The van der Waals surface area contributed by atoms with Gasteiger partial charge in [-0.25, -0.2) is 0 Å². The van der Waals surface area contributed by atoms with Gasteiger partial charge in [0.25, 0.3) is 0 Å². The van der Waals surface area contributed by atoms with Gasteiger partial charge >= 0.3 is 0 Å². The van der Waals surface area contributed by atoms with Crippen LogP contribution >= 0.6 is 0 Å². The minimum Gasteiger partial charge on any atom is -0.493 e. The number of benzene rings is 1. The molecule has 0 radical (unpaired) electrons. The molecule has 1 fully saturated rings. The van der Waals surface area contributed by atoms with E-state index in [-0.39, 0.29) is 5.54 Å². The van der Waals surface area contributed by atoms with E-state index in [4.69, 9.17) is 14.2 Å². The molecule has 1 atom stereocenters. The lowest BCUT2D eigenvalue weighted by molar-refractivity contribution is 0.313. The number of nitrogens with one attached hydrogen (secondary N) is 1. The molecule has 1 aromatic rings. The van der Waals surface area contributed by atoms with Crippen LogP contribution in [-0.4, -0.2) is 46.0 Å². The van der Waals surface area contributed by atoms with Crippen molar-refractivity contribution in [3.05, 3.63) is 12.1 Å². The third-order valence-electron chi connectivity index (χ3n) is 3.95. The summed E-state index contributed by atoms with van der Waals surface area (Å²) in [6, 6.07) is 4.43. The van der Waals surface area contributed by atoms with Gasteiger partial charge in [0.1, 0.15) is 0 Å². The fourth-order valence-electron chi connectivity index (χ4n) is 2.75. The second-order valence-corrected chi connectivity index (χ2v) is 6.13. The number of methoxy groups -OCH3 is 3. The molecule has 5 heteroatoms. The highest BCUT2D eigenvalue weighted by Gasteiger charge is 2.31. The molecule has 0 aliphatic carbocycles. The number of ether oxygens (including phenoxy) is 3. The van der Waals surface area contributed by atoms with Crippen molar-refractivity contribution < 1.29 is 14.2 Å². The van der Waals surface area contributed by atoms with Crippen LogP contribution in [0.25, 0.3) is 0 Å². The number of hydrogen-bond donors (Lipinski definition) is 1. The summed E-state index contributed by atoms with van der Waals surface area (Å²) < 4.78 is 16.3. The van der Waals surface area contributed by atoms with E-state index in [1.807, 2.05) is 12.1 Å². The fourth-order valence-corrected chi connectivity index (χ4v) is 2.75. The van der Waals surface area contributed by atoms with Crippen molar-refractivity contribution in [2.75, 3.05) is 39.3 Å². The van der Waals surface area contributed by atoms with E-state index >= 15 is 0 Å². The summed E-state index contributed by atoms with van der Waals surface area (Å²) in [5.41, 5.74) is 1.17. The highest BCUT2D eigenvalue weighted by atomic mass is 16.5. The van der Waals surface area contributed by atoms with Crippen molar-refractivity contribution in [2.24, 2.45) is 0 Å². The molecule has 1 N–H and O–H groups in total. The Morgan fingerprint density at radius 1 is 1.10 bits per heavy atom. The third kappa shape index (κ3) is 3.18. The maximum Gasteiger partial charge on any atom is 0.203 e. The van der Waals surface area contributed by atoms with Crippen LogP contribution in [0.1, 0.15) is 20.8 Å². The maximum absolute atomic E-state index is 5.45. The molecule has 1 aliphatic rings. The van der Waals surface area contributed by atoms with Gasteiger partial charge in [-0.3, -0.25) is 0 Å². The molecule has 1 saturated heterocycles. The Morgan fingerprint density at radius 2 is 1.67 bits per heavy atom. The topological polar surface area (TPSA) is 43.0 Å². The van der Waals surface area contributed by atoms with Crippen LogP contribution < -0.4 is 24.4 Å². The summed E-state index contributed by atoms with van der Waals surface area (Å²) in [5, 5.41) is 3.56. The molecule has 118 valence electrons. The van der Waals surface area contributed by atoms with Crippen molar-refractivity contribution in [1.82, 2.24) is 5.32 Å². The van der Waals surface area contributed by atoms with Crippen molar-refractivity contribution >= 4 is 5.69 Å². The number of rotatable bonds is 4. The first-order valence-electron chi connectivity index (χ1n) is 7.23. The smallest absolute Gasteiger partial charge is 0.203 e. The van der Waals surface area contributed by atoms with Crippen molar-refractivity contribution in [3.63, 3.8) is 0 Å². The van der Waals surface area contributed by atoms with E-state index in [1.54, 1.807) is 21.3 Å². The van der Waals surface area contributed by atoms with Crippen molar-refractivity contribution in [2.45, 2.75) is 32.4 Å². The number of nitrogens with zero attached hydrogens (tertiary/aromatic N) is 1. The van der Waals surface area contributed by atoms with Gasteiger partial charge < -0.3 is 24.4 Å². The summed E-state index contributed by atoms with van der Waals surface area (Å²) in [6.45, 7) is 8.51. The Balaban J connectivity index is 2.43. The molecular weight excluding hydrogens is 268 g/mol. The molecule has 1 aromatic carbocycles. The largest absolute Gasteiger partial charge is 0.493 e. The van der Waals surface area contributed by atoms with Crippen LogP contribution in [0.3, 0.4) is 0 Å². The van der Waals surface area contributed by atoms with E-state index in [9.17, 15) is 0 Å². The molecule has 0 bridgehead atoms. The number of anilines is 1. The molecule has 0 saturated carbocycles. The molecular formula is C16H26N2O3. The van der Waals surface area contributed by atoms with E-state index in [1.165, 1.54) is 0 Å². The van der Waals surface area contributed by atoms with Gasteiger partial charge in [-0.05, 0) is 20.8 Å².